The van der Waals surface area contributed by atoms with Crippen LogP contribution in [0.1, 0.15) is 31.9 Å². The summed E-state index contributed by atoms with van der Waals surface area (Å²) in [6.45, 7) is 7.99. The molecule has 2 heteroatoms. The van der Waals surface area contributed by atoms with Crippen LogP contribution >= 0.6 is 0 Å². The number of benzene rings is 1. The van der Waals surface area contributed by atoms with Gasteiger partial charge >= 0.3 is 0 Å². The molecule has 1 amide bonds. The second kappa shape index (κ2) is 4.47. The zero-order valence-corrected chi connectivity index (χ0v) is 9.92. The number of hydrogen-bond acceptors (Lipinski definition) is 1. The summed E-state index contributed by atoms with van der Waals surface area (Å²) in [5.74, 6) is 0.0769. The van der Waals surface area contributed by atoms with E-state index in [0.29, 0.717) is 6.42 Å². The van der Waals surface area contributed by atoms with Crippen LogP contribution in [0.4, 0.5) is 0 Å². The van der Waals surface area contributed by atoms with Crippen molar-refractivity contribution in [2.75, 3.05) is 0 Å². The van der Waals surface area contributed by atoms with Crippen molar-refractivity contribution in [3.63, 3.8) is 0 Å². The van der Waals surface area contributed by atoms with Crippen molar-refractivity contribution in [2.45, 2.75) is 39.7 Å². The van der Waals surface area contributed by atoms with Gasteiger partial charge in [0.05, 0.1) is 6.42 Å². The maximum absolute atomic E-state index is 11.6. The summed E-state index contributed by atoms with van der Waals surface area (Å²) in [4.78, 5) is 11.6. The fourth-order valence-corrected chi connectivity index (χ4v) is 1.47. The number of carbonyl (C=O) groups is 1. The van der Waals surface area contributed by atoms with Gasteiger partial charge in [-0.1, -0.05) is 29.8 Å². The van der Waals surface area contributed by atoms with Gasteiger partial charge in [-0.2, -0.15) is 0 Å². The van der Waals surface area contributed by atoms with Gasteiger partial charge in [-0.3, -0.25) is 4.79 Å². The van der Waals surface area contributed by atoms with Gasteiger partial charge in [0.1, 0.15) is 0 Å². The van der Waals surface area contributed by atoms with Crippen LogP contribution in [0.15, 0.2) is 24.3 Å². The van der Waals surface area contributed by atoms with Gasteiger partial charge in [-0.15, -0.1) is 0 Å². The highest BCUT2D eigenvalue weighted by Gasteiger charge is 2.13. The minimum absolute atomic E-state index is 0.0769. The van der Waals surface area contributed by atoms with E-state index in [0.717, 1.165) is 5.56 Å². The molecule has 15 heavy (non-hydrogen) atoms. The van der Waals surface area contributed by atoms with Gasteiger partial charge in [0.2, 0.25) is 5.91 Å². The Balaban J connectivity index is 2.59. The molecule has 2 nitrogen and oxygen atoms in total. The minimum atomic E-state index is -0.152. The number of nitrogens with one attached hydrogen (secondary N) is 1. The Hall–Kier alpha value is -1.31. The molecule has 0 aliphatic rings. The fourth-order valence-electron chi connectivity index (χ4n) is 1.47. The molecule has 0 saturated carbocycles. The number of aryl methyl sites for hydroxylation is 1. The standard InChI is InChI=1S/C13H19NO/c1-10-6-5-7-11(8-10)9-12(15)14-13(2,3)4/h5-8H,9H2,1-4H3,(H,14,15). The third-order valence-electron chi connectivity index (χ3n) is 1.96. The SMILES string of the molecule is Cc1cccc(CC(=O)NC(C)(C)C)c1. The van der Waals surface area contributed by atoms with Gasteiger partial charge in [-0.25, -0.2) is 0 Å². The number of rotatable bonds is 2. The summed E-state index contributed by atoms with van der Waals surface area (Å²) in [7, 11) is 0. The van der Waals surface area contributed by atoms with Gasteiger partial charge in [-0.05, 0) is 33.3 Å². The molecular weight excluding hydrogens is 186 g/mol. The maximum atomic E-state index is 11.6. The topological polar surface area (TPSA) is 29.1 Å². The quantitative estimate of drug-likeness (QED) is 0.789. The van der Waals surface area contributed by atoms with Gasteiger partial charge in [0, 0.05) is 5.54 Å². The first kappa shape index (κ1) is 11.8. The van der Waals surface area contributed by atoms with Crippen molar-refractivity contribution < 1.29 is 4.79 Å². The number of amides is 1. The van der Waals surface area contributed by atoms with Gasteiger partial charge in [0.15, 0.2) is 0 Å². The summed E-state index contributed by atoms with van der Waals surface area (Å²) >= 11 is 0. The van der Waals surface area contributed by atoms with E-state index >= 15 is 0 Å². The average molecular weight is 205 g/mol. The Bertz CT molecular complexity index is 350. The van der Waals surface area contributed by atoms with Crippen molar-refractivity contribution in [3.8, 4) is 0 Å². The monoisotopic (exact) mass is 205 g/mol. The van der Waals surface area contributed by atoms with Crippen LogP contribution in [0.25, 0.3) is 0 Å². The summed E-state index contributed by atoms with van der Waals surface area (Å²) < 4.78 is 0. The van der Waals surface area contributed by atoms with Crippen LogP contribution in [0.5, 0.6) is 0 Å². The van der Waals surface area contributed by atoms with Crippen molar-refractivity contribution in [1.29, 1.82) is 0 Å². The molecule has 1 N–H and O–H groups in total. The molecule has 0 saturated heterocycles. The van der Waals surface area contributed by atoms with E-state index in [-0.39, 0.29) is 11.4 Å². The molecule has 1 rings (SSSR count). The molecule has 0 fully saturated rings. The average Bonchev–Trinajstić information content (AvgIpc) is 1.99. The second-order valence-corrected chi connectivity index (χ2v) is 4.96. The molecule has 0 unspecified atom stereocenters. The van der Waals surface area contributed by atoms with Crippen molar-refractivity contribution in [1.82, 2.24) is 5.32 Å². The fraction of sp³-hybridized carbons (Fsp3) is 0.462. The van der Waals surface area contributed by atoms with Crippen molar-refractivity contribution >= 4 is 5.91 Å². The molecule has 0 bridgehead atoms. The Morgan fingerprint density at radius 3 is 2.53 bits per heavy atom. The van der Waals surface area contributed by atoms with E-state index in [1.165, 1.54) is 5.56 Å². The van der Waals surface area contributed by atoms with Crippen LogP contribution in [0, 0.1) is 6.92 Å². The Morgan fingerprint density at radius 2 is 2.00 bits per heavy atom. The predicted molar refractivity (Wildman–Crippen MR) is 62.8 cm³/mol. The van der Waals surface area contributed by atoms with Crippen LogP contribution in [-0.4, -0.2) is 11.4 Å². The smallest absolute Gasteiger partial charge is 0.224 e. The lowest BCUT2D eigenvalue weighted by atomic mass is 10.1. The minimum Gasteiger partial charge on any atom is -0.351 e. The molecule has 0 radical (unpaired) electrons. The highest BCUT2D eigenvalue weighted by molar-refractivity contribution is 5.79. The van der Waals surface area contributed by atoms with Gasteiger partial charge < -0.3 is 5.32 Å². The van der Waals surface area contributed by atoms with E-state index in [2.05, 4.69) is 5.32 Å². The predicted octanol–water partition coefficient (Wildman–Crippen LogP) is 2.45. The highest BCUT2D eigenvalue weighted by atomic mass is 16.1. The van der Waals surface area contributed by atoms with Gasteiger partial charge in [0.25, 0.3) is 0 Å². The molecule has 0 aliphatic heterocycles. The molecule has 0 atom stereocenters. The van der Waals surface area contributed by atoms with Crippen molar-refractivity contribution in [2.24, 2.45) is 0 Å². The summed E-state index contributed by atoms with van der Waals surface area (Å²) in [5, 5.41) is 2.95. The van der Waals surface area contributed by atoms with E-state index in [9.17, 15) is 4.79 Å². The Kier molecular flexibility index (Phi) is 3.51. The summed E-state index contributed by atoms with van der Waals surface area (Å²) in [5.41, 5.74) is 2.11. The Morgan fingerprint density at radius 1 is 1.33 bits per heavy atom. The molecule has 0 aliphatic carbocycles. The van der Waals surface area contributed by atoms with Crippen LogP contribution < -0.4 is 5.32 Å². The largest absolute Gasteiger partial charge is 0.351 e. The lowest BCUT2D eigenvalue weighted by Crippen LogP contribution is -2.41. The highest BCUT2D eigenvalue weighted by Crippen LogP contribution is 2.06. The molecular formula is C13H19NO. The summed E-state index contributed by atoms with van der Waals surface area (Å²) in [6.07, 6.45) is 0.457. The molecule has 82 valence electrons. The lowest BCUT2D eigenvalue weighted by molar-refractivity contribution is -0.121. The third kappa shape index (κ3) is 4.63. The van der Waals surface area contributed by atoms with Crippen LogP contribution in [0.3, 0.4) is 0 Å². The molecule has 0 heterocycles. The van der Waals surface area contributed by atoms with E-state index in [1.807, 2.05) is 52.0 Å². The zero-order valence-electron chi connectivity index (χ0n) is 9.92. The number of hydrogen-bond donors (Lipinski definition) is 1. The first-order chi connectivity index (χ1) is 6.87. The normalized spacial score (nSPS) is 11.2. The second-order valence-electron chi connectivity index (χ2n) is 4.96. The first-order valence-corrected chi connectivity index (χ1v) is 5.23. The molecule has 1 aromatic carbocycles. The van der Waals surface area contributed by atoms with E-state index in [1.54, 1.807) is 0 Å². The first-order valence-electron chi connectivity index (χ1n) is 5.23. The zero-order chi connectivity index (χ0) is 11.5. The summed E-state index contributed by atoms with van der Waals surface area (Å²) in [6, 6.07) is 8.04. The van der Waals surface area contributed by atoms with E-state index in [4.69, 9.17) is 0 Å². The van der Waals surface area contributed by atoms with Crippen molar-refractivity contribution in [3.05, 3.63) is 35.4 Å². The van der Waals surface area contributed by atoms with Crippen LogP contribution in [-0.2, 0) is 11.2 Å². The lowest BCUT2D eigenvalue weighted by Gasteiger charge is -2.20. The molecule has 0 spiro atoms. The van der Waals surface area contributed by atoms with E-state index < -0.39 is 0 Å². The van der Waals surface area contributed by atoms with Crippen LogP contribution in [0.2, 0.25) is 0 Å². The molecule has 0 aromatic heterocycles. The maximum Gasteiger partial charge on any atom is 0.224 e. The molecule has 1 aromatic rings. The Labute approximate surface area is 91.7 Å². The third-order valence-corrected chi connectivity index (χ3v) is 1.96. The number of carbonyl (C=O) groups excluding carboxylic acids is 1.